The Morgan fingerprint density at radius 3 is 2.55 bits per heavy atom. The number of carbonyl (C=O) groups excluding carboxylic acids is 1. The molecule has 0 N–H and O–H groups in total. The second kappa shape index (κ2) is 7.74. The summed E-state index contributed by atoms with van der Waals surface area (Å²) >= 11 is 0. The fourth-order valence-corrected chi connectivity index (χ4v) is 2.61. The van der Waals surface area contributed by atoms with E-state index in [0.29, 0.717) is 18.8 Å². The fraction of sp³-hybridized carbons (Fsp3) is 0.462. The number of hydrogen-bond donors (Lipinski definition) is 0. The quantitative estimate of drug-likeness (QED) is 0.718. The number of hydrogen-bond acceptors (Lipinski definition) is 4. The monoisotopic (exact) mass is 296 g/mol. The van der Waals surface area contributed by atoms with Gasteiger partial charge in [-0.05, 0) is 5.92 Å². The van der Waals surface area contributed by atoms with Gasteiger partial charge in [-0.25, -0.2) is 9.78 Å². The van der Waals surface area contributed by atoms with Gasteiger partial charge in [-0.3, -0.25) is 4.21 Å². The molecule has 1 aromatic heterocycles. The molecule has 1 unspecified atom stereocenters. The molecule has 0 bridgehead atoms. The largest absolute Gasteiger partial charge is 0.346 e. The van der Waals surface area contributed by atoms with Crippen molar-refractivity contribution < 1.29 is 9.00 Å². The molecular weight excluding hydrogens is 276 g/mol. The molecule has 0 saturated carbocycles. The molecule has 20 heavy (non-hydrogen) atoms. The highest BCUT2D eigenvalue weighted by molar-refractivity contribution is 7.84. The predicted octanol–water partition coefficient (Wildman–Crippen LogP) is 1.68. The average molecular weight is 296 g/mol. The van der Waals surface area contributed by atoms with E-state index in [-0.39, 0.29) is 17.1 Å². The van der Waals surface area contributed by atoms with Gasteiger partial charge in [0.15, 0.2) is 0 Å². The Morgan fingerprint density at radius 1 is 1.45 bits per heavy atom. The first-order valence-electron chi connectivity index (χ1n) is 6.30. The second-order valence-electron chi connectivity index (χ2n) is 4.64. The van der Waals surface area contributed by atoms with E-state index >= 15 is 0 Å². The number of rotatable bonds is 7. The molecule has 1 amide bonds. The normalized spacial score (nSPS) is 12.2. The van der Waals surface area contributed by atoms with E-state index in [9.17, 15) is 9.00 Å². The predicted molar refractivity (Wildman–Crippen MR) is 78.9 cm³/mol. The van der Waals surface area contributed by atoms with Crippen molar-refractivity contribution in [2.24, 2.45) is 5.92 Å². The number of nitrogens with zero attached hydrogens (tertiary/aromatic N) is 4. The third-order valence-electron chi connectivity index (χ3n) is 2.32. The van der Waals surface area contributed by atoms with Crippen molar-refractivity contribution in [1.82, 2.24) is 19.7 Å². The number of amides is 1. The Morgan fingerprint density at radius 2 is 2.05 bits per heavy atom. The van der Waals surface area contributed by atoms with Gasteiger partial charge in [0.1, 0.15) is 6.33 Å². The van der Waals surface area contributed by atoms with Gasteiger partial charge in [-0.1, -0.05) is 26.0 Å². The molecule has 0 aliphatic carbocycles. The molecule has 0 spiro atoms. The summed E-state index contributed by atoms with van der Waals surface area (Å²) < 4.78 is 13.0. The van der Waals surface area contributed by atoms with Gasteiger partial charge in [0, 0.05) is 18.8 Å². The van der Waals surface area contributed by atoms with E-state index < -0.39 is 10.8 Å². The molecule has 0 aliphatic heterocycles. The first kappa shape index (κ1) is 16.3. The van der Waals surface area contributed by atoms with Gasteiger partial charge in [-0.2, -0.15) is 4.68 Å². The lowest BCUT2D eigenvalue weighted by Crippen LogP contribution is -2.35. The van der Waals surface area contributed by atoms with Crippen LogP contribution >= 0.6 is 0 Å². The topological polar surface area (TPSA) is 68.1 Å². The Balaban J connectivity index is 2.84. The summed E-state index contributed by atoms with van der Waals surface area (Å²) in [6, 6.07) is -0.343. The van der Waals surface area contributed by atoms with Crippen LogP contribution in [-0.4, -0.2) is 48.7 Å². The van der Waals surface area contributed by atoms with Gasteiger partial charge in [0.25, 0.3) is 0 Å². The second-order valence-corrected chi connectivity index (χ2v) is 6.03. The van der Waals surface area contributed by atoms with E-state index in [1.54, 1.807) is 12.2 Å². The van der Waals surface area contributed by atoms with Gasteiger partial charge in [0.05, 0.1) is 10.8 Å². The summed E-state index contributed by atoms with van der Waals surface area (Å²) in [5, 5.41) is 4.18. The van der Waals surface area contributed by atoms with Crippen LogP contribution in [0.25, 0.3) is 0 Å². The third-order valence-corrected chi connectivity index (χ3v) is 3.89. The van der Waals surface area contributed by atoms with Crippen molar-refractivity contribution in [2.45, 2.75) is 19.0 Å². The van der Waals surface area contributed by atoms with Crippen molar-refractivity contribution in [1.29, 1.82) is 0 Å². The van der Waals surface area contributed by atoms with Crippen LogP contribution in [0.1, 0.15) is 13.8 Å². The SMILES string of the molecule is C=CCN(CC=C)C(=O)n1cnc(S(=O)CC(C)C)n1. The molecule has 0 saturated heterocycles. The van der Waals surface area contributed by atoms with Crippen molar-refractivity contribution in [2.75, 3.05) is 18.8 Å². The zero-order chi connectivity index (χ0) is 15.1. The first-order chi connectivity index (χ1) is 9.49. The summed E-state index contributed by atoms with van der Waals surface area (Å²) in [7, 11) is -1.28. The maximum atomic E-state index is 12.2. The van der Waals surface area contributed by atoms with E-state index in [2.05, 4.69) is 23.2 Å². The van der Waals surface area contributed by atoms with Crippen molar-refractivity contribution in [3.05, 3.63) is 31.6 Å². The summed E-state index contributed by atoms with van der Waals surface area (Å²) in [6.07, 6.45) is 4.53. The van der Waals surface area contributed by atoms with Crippen molar-refractivity contribution in [3.63, 3.8) is 0 Å². The standard InChI is InChI=1S/C13H20N4O2S/c1-5-7-16(8-6-2)13(18)17-10-14-12(15-17)20(19)9-11(3)4/h5-6,10-11H,1-2,7-9H2,3-4H3. The van der Waals surface area contributed by atoms with E-state index in [1.165, 1.54) is 11.2 Å². The average Bonchev–Trinajstić information content (AvgIpc) is 2.86. The molecule has 1 heterocycles. The highest BCUT2D eigenvalue weighted by Gasteiger charge is 2.17. The molecule has 6 nitrogen and oxygen atoms in total. The van der Waals surface area contributed by atoms with E-state index in [4.69, 9.17) is 0 Å². The lowest BCUT2D eigenvalue weighted by atomic mass is 10.3. The summed E-state index contributed by atoms with van der Waals surface area (Å²) in [6.45, 7) is 11.9. The van der Waals surface area contributed by atoms with Gasteiger partial charge in [-0.15, -0.1) is 18.3 Å². The lowest BCUT2D eigenvalue weighted by molar-refractivity contribution is 0.206. The molecule has 0 radical (unpaired) electrons. The summed E-state index contributed by atoms with van der Waals surface area (Å²) in [4.78, 5) is 17.6. The number of aromatic nitrogens is 3. The molecular formula is C13H20N4O2S. The van der Waals surface area contributed by atoms with Crippen LogP contribution in [0, 0.1) is 5.92 Å². The van der Waals surface area contributed by atoms with Crippen molar-refractivity contribution in [3.8, 4) is 0 Å². The van der Waals surface area contributed by atoms with Crippen LogP contribution in [0.2, 0.25) is 0 Å². The molecule has 0 aromatic carbocycles. The number of carbonyl (C=O) groups is 1. The van der Waals surface area contributed by atoms with Crippen LogP contribution in [0.5, 0.6) is 0 Å². The summed E-state index contributed by atoms with van der Waals surface area (Å²) in [5.41, 5.74) is 0. The maximum Gasteiger partial charge on any atom is 0.346 e. The van der Waals surface area contributed by atoms with E-state index in [1.807, 2.05) is 13.8 Å². The Bertz CT molecular complexity index is 500. The van der Waals surface area contributed by atoms with Gasteiger partial charge >= 0.3 is 6.03 Å². The molecule has 110 valence electrons. The molecule has 0 fully saturated rings. The third kappa shape index (κ3) is 4.41. The van der Waals surface area contributed by atoms with E-state index in [0.717, 1.165) is 4.68 Å². The van der Waals surface area contributed by atoms with Crippen LogP contribution in [0.3, 0.4) is 0 Å². The van der Waals surface area contributed by atoms with Crippen LogP contribution < -0.4 is 0 Å². The molecule has 0 aliphatic rings. The van der Waals surface area contributed by atoms with Crippen molar-refractivity contribution >= 4 is 16.8 Å². The first-order valence-corrected chi connectivity index (χ1v) is 7.62. The molecule has 1 atom stereocenters. The smallest absolute Gasteiger partial charge is 0.315 e. The van der Waals surface area contributed by atoms with Crippen LogP contribution in [-0.2, 0) is 10.8 Å². The minimum atomic E-state index is -1.28. The Labute approximate surface area is 121 Å². The Kier molecular flexibility index (Phi) is 6.30. The Hall–Kier alpha value is -1.76. The van der Waals surface area contributed by atoms with Gasteiger partial charge < -0.3 is 4.90 Å². The van der Waals surface area contributed by atoms with Crippen LogP contribution in [0.15, 0.2) is 36.8 Å². The zero-order valence-electron chi connectivity index (χ0n) is 11.9. The minimum absolute atomic E-state index is 0.184. The maximum absolute atomic E-state index is 12.2. The van der Waals surface area contributed by atoms with Crippen LogP contribution in [0.4, 0.5) is 4.79 Å². The minimum Gasteiger partial charge on any atom is -0.315 e. The zero-order valence-corrected chi connectivity index (χ0v) is 12.7. The molecule has 7 heteroatoms. The summed E-state index contributed by atoms with van der Waals surface area (Å²) in [5.74, 6) is 0.748. The van der Waals surface area contributed by atoms with Gasteiger partial charge in [0.2, 0.25) is 5.16 Å². The highest BCUT2D eigenvalue weighted by Crippen LogP contribution is 2.05. The molecule has 1 aromatic rings. The fourth-order valence-electron chi connectivity index (χ4n) is 1.51. The highest BCUT2D eigenvalue weighted by atomic mass is 32.2. The molecule has 1 rings (SSSR count). The lowest BCUT2D eigenvalue weighted by Gasteiger charge is -2.17.